The van der Waals surface area contributed by atoms with Gasteiger partial charge in [0.1, 0.15) is 0 Å². The van der Waals surface area contributed by atoms with Crippen LogP contribution in [-0.4, -0.2) is 49.2 Å². The fraction of sp³-hybridized carbons (Fsp3) is 0.917. The van der Waals surface area contributed by atoms with E-state index in [1.165, 1.54) is 12.8 Å². The van der Waals surface area contributed by atoms with Crippen LogP contribution in [-0.2, 0) is 9.53 Å². The van der Waals surface area contributed by atoms with Crippen LogP contribution in [0.25, 0.3) is 0 Å². The van der Waals surface area contributed by atoms with E-state index in [-0.39, 0.29) is 17.6 Å². The van der Waals surface area contributed by atoms with Gasteiger partial charge in [0, 0.05) is 13.7 Å². The molecule has 0 aromatic rings. The van der Waals surface area contributed by atoms with Crippen LogP contribution < -0.4 is 5.32 Å². The molecule has 16 heavy (non-hydrogen) atoms. The summed E-state index contributed by atoms with van der Waals surface area (Å²) in [5, 5.41) is 3.36. The predicted molar refractivity (Wildman–Crippen MR) is 60.1 cm³/mol. The molecule has 3 fully saturated rings. The van der Waals surface area contributed by atoms with Gasteiger partial charge in [-0.1, -0.05) is 0 Å². The van der Waals surface area contributed by atoms with Crippen LogP contribution >= 0.6 is 0 Å². The number of carbonyl (C=O) groups excluding carboxylic acids is 1. The van der Waals surface area contributed by atoms with E-state index in [2.05, 4.69) is 10.2 Å². The van der Waals surface area contributed by atoms with Crippen LogP contribution in [0.2, 0.25) is 0 Å². The van der Waals surface area contributed by atoms with Crippen molar-refractivity contribution in [2.75, 3.05) is 26.7 Å². The van der Waals surface area contributed by atoms with Crippen molar-refractivity contribution in [2.45, 2.75) is 37.3 Å². The van der Waals surface area contributed by atoms with Gasteiger partial charge < -0.3 is 15.0 Å². The fourth-order valence-electron chi connectivity index (χ4n) is 3.21. The highest BCUT2D eigenvalue weighted by Crippen LogP contribution is 2.44. The minimum Gasteiger partial charge on any atom is -0.369 e. The van der Waals surface area contributed by atoms with Crippen LogP contribution in [0.4, 0.5) is 0 Å². The number of ether oxygens (including phenoxy) is 1. The Balaban J connectivity index is 1.76. The van der Waals surface area contributed by atoms with E-state index in [1.54, 1.807) is 7.11 Å². The molecule has 4 nitrogen and oxygen atoms in total. The number of β-lactam (4-membered cyclic amide) rings is 1. The van der Waals surface area contributed by atoms with Gasteiger partial charge in [0.2, 0.25) is 0 Å². The molecule has 0 radical (unpaired) electrons. The zero-order chi connectivity index (χ0) is 11.2. The largest absolute Gasteiger partial charge is 0.369 e. The first-order valence-corrected chi connectivity index (χ1v) is 6.33. The summed E-state index contributed by atoms with van der Waals surface area (Å²) in [4.78, 5) is 14.1. The summed E-state index contributed by atoms with van der Waals surface area (Å²) >= 11 is 0. The second-order valence-corrected chi connectivity index (χ2v) is 5.36. The van der Waals surface area contributed by atoms with Gasteiger partial charge in [0.25, 0.3) is 5.91 Å². The maximum absolute atomic E-state index is 12.0. The molecule has 1 atom stereocenters. The zero-order valence-electron chi connectivity index (χ0n) is 9.87. The second-order valence-electron chi connectivity index (χ2n) is 5.36. The number of carbonyl (C=O) groups is 1. The highest BCUT2D eigenvalue weighted by atomic mass is 16.5. The molecule has 90 valence electrons. The lowest BCUT2D eigenvalue weighted by Crippen LogP contribution is -2.77. The molecule has 1 amide bonds. The second kappa shape index (κ2) is 3.70. The molecule has 2 saturated heterocycles. The Hall–Kier alpha value is -0.610. The number of piperidine rings is 1. The van der Waals surface area contributed by atoms with Gasteiger partial charge in [-0.15, -0.1) is 0 Å². The monoisotopic (exact) mass is 224 g/mol. The lowest BCUT2D eigenvalue weighted by molar-refractivity contribution is -0.195. The summed E-state index contributed by atoms with van der Waals surface area (Å²) in [5.74, 6) is 0.991. The van der Waals surface area contributed by atoms with Crippen molar-refractivity contribution in [3.8, 4) is 0 Å². The number of hydrogen-bond donors (Lipinski definition) is 1. The Morgan fingerprint density at radius 3 is 2.69 bits per heavy atom. The van der Waals surface area contributed by atoms with E-state index in [0.29, 0.717) is 0 Å². The van der Waals surface area contributed by atoms with Gasteiger partial charge in [-0.05, 0) is 44.7 Å². The highest BCUT2D eigenvalue weighted by molar-refractivity contribution is 5.90. The first kappa shape index (κ1) is 10.5. The lowest BCUT2D eigenvalue weighted by atomic mass is 9.73. The van der Waals surface area contributed by atoms with E-state index in [4.69, 9.17) is 4.74 Å². The number of nitrogens with one attached hydrogen (secondary N) is 1. The van der Waals surface area contributed by atoms with Crippen LogP contribution in [0.5, 0.6) is 0 Å². The first-order valence-electron chi connectivity index (χ1n) is 6.33. The van der Waals surface area contributed by atoms with Crippen LogP contribution in [0, 0.1) is 5.92 Å². The minimum absolute atomic E-state index is 0.0275. The average Bonchev–Trinajstić information content (AvgIpc) is 3.12. The Morgan fingerprint density at radius 2 is 2.12 bits per heavy atom. The molecule has 4 heteroatoms. The molecule has 3 rings (SSSR count). The molecule has 1 saturated carbocycles. The van der Waals surface area contributed by atoms with Gasteiger partial charge in [0.05, 0.1) is 5.54 Å². The standard InChI is InChI=1S/C12H20N2O2/c1-16-10-11(15)14(8-9-2-3-9)12(10)4-6-13-7-5-12/h9-10,13H,2-8H2,1H3/t10-/m0/s1. The molecule has 1 N–H and O–H groups in total. The average molecular weight is 224 g/mol. The van der Waals surface area contributed by atoms with Crippen molar-refractivity contribution in [1.82, 2.24) is 10.2 Å². The van der Waals surface area contributed by atoms with Crippen LogP contribution in [0.1, 0.15) is 25.7 Å². The van der Waals surface area contributed by atoms with Crippen LogP contribution in [0.15, 0.2) is 0 Å². The molecular formula is C12H20N2O2. The molecule has 3 aliphatic rings. The predicted octanol–water partition coefficient (Wildman–Crippen LogP) is 0.376. The van der Waals surface area contributed by atoms with E-state index in [9.17, 15) is 4.79 Å². The summed E-state index contributed by atoms with van der Waals surface area (Å²) in [6, 6.07) is 0. The van der Waals surface area contributed by atoms with Gasteiger partial charge in [-0.25, -0.2) is 0 Å². The zero-order valence-corrected chi connectivity index (χ0v) is 9.87. The van der Waals surface area contributed by atoms with Gasteiger partial charge in [0.15, 0.2) is 6.10 Å². The topological polar surface area (TPSA) is 41.6 Å². The normalized spacial score (nSPS) is 32.9. The maximum Gasteiger partial charge on any atom is 0.254 e. The Labute approximate surface area is 96.3 Å². The molecule has 0 unspecified atom stereocenters. The van der Waals surface area contributed by atoms with Crippen molar-refractivity contribution in [3.63, 3.8) is 0 Å². The Bertz CT molecular complexity index is 295. The maximum atomic E-state index is 12.0. The Morgan fingerprint density at radius 1 is 1.44 bits per heavy atom. The minimum atomic E-state index is -0.173. The summed E-state index contributed by atoms with van der Waals surface area (Å²) < 4.78 is 5.40. The Kier molecular flexibility index (Phi) is 2.44. The number of methoxy groups -OCH3 is 1. The first-order chi connectivity index (χ1) is 7.78. The van der Waals surface area contributed by atoms with Crippen molar-refractivity contribution in [3.05, 3.63) is 0 Å². The number of hydrogen-bond acceptors (Lipinski definition) is 3. The fourth-order valence-corrected chi connectivity index (χ4v) is 3.21. The smallest absolute Gasteiger partial charge is 0.254 e. The number of amides is 1. The summed E-state index contributed by atoms with van der Waals surface area (Å²) in [7, 11) is 1.67. The third-order valence-corrected chi connectivity index (χ3v) is 4.36. The van der Waals surface area contributed by atoms with E-state index in [1.807, 2.05) is 0 Å². The van der Waals surface area contributed by atoms with Gasteiger partial charge in [-0.3, -0.25) is 4.79 Å². The quantitative estimate of drug-likeness (QED) is 0.705. The summed E-state index contributed by atoms with van der Waals surface area (Å²) in [6.45, 7) is 2.99. The van der Waals surface area contributed by atoms with Crippen molar-refractivity contribution >= 4 is 5.91 Å². The molecule has 1 aliphatic carbocycles. The van der Waals surface area contributed by atoms with Crippen molar-refractivity contribution in [2.24, 2.45) is 5.92 Å². The molecule has 2 heterocycles. The van der Waals surface area contributed by atoms with Crippen molar-refractivity contribution < 1.29 is 9.53 Å². The van der Waals surface area contributed by atoms with Gasteiger partial charge in [-0.2, -0.15) is 0 Å². The SMILES string of the molecule is CO[C@H]1C(=O)N(CC2CC2)C12CCNCC2. The third kappa shape index (κ3) is 1.39. The van der Waals surface area contributed by atoms with E-state index < -0.39 is 0 Å². The number of likely N-dealkylation sites (tertiary alicyclic amines) is 1. The van der Waals surface area contributed by atoms with Crippen LogP contribution in [0.3, 0.4) is 0 Å². The van der Waals surface area contributed by atoms with E-state index >= 15 is 0 Å². The molecule has 2 aliphatic heterocycles. The lowest BCUT2D eigenvalue weighted by Gasteiger charge is -2.58. The van der Waals surface area contributed by atoms with E-state index in [0.717, 1.165) is 38.4 Å². The van der Waals surface area contributed by atoms with Gasteiger partial charge >= 0.3 is 0 Å². The molecule has 1 spiro atoms. The number of nitrogens with zero attached hydrogens (tertiary/aromatic N) is 1. The molecule has 0 bridgehead atoms. The third-order valence-electron chi connectivity index (χ3n) is 4.36. The van der Waals surface area contributed by atoms with Crippen molar-refractivity contribution in [1.29, 1.82) is 0 Å². The highest BCUT2D eigenvalue weighted by Gasteiger charge is 2.60. The summed E-state index contributed by atoms with van der Waals surface area (Å²) in [6.07, 6.45) is 4.52. The molecule has 0 aromatic heterocycles. The molecular weight excluding hydrogens is 204 g/mol. The molecule has 0 aromatic carbocycles. The number of rotatable bonds is 3. The summed E-state index contributed by atoms with van der Waals surface area (Å²) in [5.41, 5.74) is 0.0275.